The zero-order valence-corrected chi connectivity index (χ0v) is 8.99. The van der Waals surface area contributed by atoms with Crippen molar-refractivity contribution < 1.29 is 4.79 Å². The fourth-order valence-electron chi connectivity index (χ4n) is 2.30. The lowest BCUT2D eigenvalue weighted by molar-refractivity contribution is 0.0766. The zero-order chi connectivity index (χ0) is 10.4. The highest BCUT2D eigenvalue weighted by molar-refractivity contribution is 5.98. The Morgan fingerprint density at radius 2 is 2.20 bits per heavy atom. The quantitative estimate of drug-likeness (QED) is 0.719. The molecule has 2 nitrogen and oxygen atoms in total. The molecular weight excluding hydrogens is 186 g/mol. The predicted molar refractivity (Wildman–Crippen MR) is 58.7 cm³/mol. The Kier molecular flexibility index (Phi) is 1.84. The number of carbonyl (C=O) groups excluding carboxylic acids is 1. The summed E-state index contributed by atoms with van der Waals surface area (Å²) < 4.78 is 0. The first-order valence-corrected chi connectivity index (χ1v) is 5.72. The van der Waals surface area contributed by atoms with Crippen molar-refractivity contribution in [3.05, 3.63) is 34.9 Å². The van der Waals surface area contributed by atoms with Crippen LogP contribution in [0, 0.1) is 0 Å². The second kappa shape index (κ2) is 3.09. The Morgan fingerprint density at radius 3 is 2.87 bits per heavy atom. The molecule has 0 bridgehead atoms. The van der Waals surface area contributed by atoms with Crippen molar-refractivity contribution in [3.63, 3.8) is 0 Å². The van der Waals surface area contributed by atoms with Crippen molar-refractivity contribution in [2.45, 2.75) is 38.8 Å². The largest absolute Gasteiger partial charge is 0.331 e. The molecule has 1 aromatic rings. The molecular formula is C13H15NO. The third-order valence-electron chi connectivity index (χ3n) is 3.40. The molecule has 2 heteroatoms. The van der Waals surface area contributed by atoms with Crippen molar-refractivity contribution in [1.82, 2.24) is 4.90 Å². The van der Waals surface area contributed by atoms with Gasteiger partial charge in [0, 0.05) is 18.2 Å². The Balaban J connectivity index is 1.96. The first-order valence-electron chi connectivity index (χ1n) is 5.72. The number of benzene rings is 1. The summed E-state index contributed by atoms with van der Waals surface area (Å²) in [5.41, 5.74) is 3.49. The monoisotopic (exact) mass is 201 g/mol. The van der Waals surface area contributed by atoms with E-state index in [4.69, 9.17) is 0 Å². The van der Waals surface area contributed by atoms with E-state index in [1.807, 2.05) is 11.0 Å². The van der Waals surface area contributed by atoms with Crippen molar-refractivity contribution in [1.29, 1.82) is 0 Å². The van der Waals surface area contributed by atoms with Crippen LogP contribution < -0.4 is 0 Å². The average molecular weight is 201 g/mol. The molecule has 0 unspecified atom stereocenters. The highest BCUT2D eigenvalue weighted by Crippen LogP contribution is 2.34. The zero-order valence-electron chi connectivity index (χ0n) is 8.99. The van der Waals surface area contributed by atoms with Crippen LogP contribution in [0.15, 0.2) is 18.2 Å². The number of fused-ring (bicyclic) bond motifs is 1. The van der Waals surface area contributed by atoms with Gasteiger partial charge in [-0.2, -0.15) is 0 Å². The maximum atomic E-state index is 12.0. The lowest BCUT2D eigenvalue weighted by Crippen LogP contribution is -2.25. The second-order valence-corrected chi connectivity index (χ2v) is 4.51. The van der Waals surface area contributed by atoms with Gasteiger partial charge in [-0.15, -0.1) is 0 Å². The van der Waals surface area contributed by atoms with E-state index < -0.39 is 0 Å². The third-order valence-corrected chi connectivity index (χ3v) is 3.40. The van der Waals surface area contributed by atoms with Crippen LogP contribution in [0.2, 0.25) is 0 Å². The Hall–Kier alpha value is -1.31. The smallest absolute Gasteiger partial charge is 0.254 e. The molecule has 1 heterocycles. The number of rotatable bonds is 2. The van der Waals surface area contributed by atoms with Gasteiger partial charge in [-0.25, -0.2) is 0 Å². The van der Waals surface area contributed by atoms with E-state index >= 15 is 0 Å². The van der Waals surface area contributed by atoms with Crippen LogP contribution in [0.4, 0.5) is 0 Å². The topological polar surface area (TPSA) is 20.3 Å². The van der Waals surface area contributed by atoms with E-state index in [0.29, 0.717) is 6.04 Å². The molecule has 1 aromatic carbocycles. The van der Waals surface area contributed by atoms with Crippen molar-refractivity contribution in [3.8, 4) is 0 Å². The van der Waals surface area contributed by atoms with Gasteiger partial charge in [0.05, 0.1) is 0 Å². The summed E-state index contributed by atoms with van der Waals surface area (Å²) in [6.45, 7) is 2.99. The molecule has 1 aliphatic heterocycles. The van der Waals surface area contributed by atoms with E-state index in [-0.39, 0.29) is 5.91 Å². The number of hydrogen-bond donors (Lipinski definition) is 0. The summed E-state index contributed by atoms with van der Waals surface area (Å²) in [6, 6.07) is 6.80. The minimum absolute atomic E-state index is 0.246. The van der Waals surface area contributed by atoms with Gasteiger partial charge in [0.15, 0.2) is 0 Å². The molecule has 1 aliphatic carbocycles. The van der Waals surface area contributed by atoms with Crippen molar-refractivity contribution in [2.24, 2.45) is 0 Å². The molecule has 3 rings (SSSR count). The van der Waals surface area contributed by atoms with Crippen LogP contribution in [0.1, 0.15) is 41.3 Å². The summed E-state index contributed by atoms with van der Waals surface area (Å²) in [5.74, 6) is 0.246. The third kappa shape index (κ3) is 1.36. The van der Waals surface area contributed by atoms with Gasteiger partial charge in [0.1, 0.15) is 0 Å². The Labute approximate surface area is 89.9 Å². The van der Waals surface area contributed by atoms with Gasteiger partial charge >= 0.3 is 0 Å². The number of nitrogens with zero attached hydrogens (tertiary/aromatic N) is 1. The van der Waals surface area contributed by atoms with E-state index in [1.54, 1.807) is 0 Å². The molecule has 0 atom stereocenters. The number of hydrogen-bond acceptors (Lipinski definition) is 1. The van der Waals surface area contributed by atoms with Crippen molar-refractivity contribution >= 4 is 5.91 Å². The molecule has 1 saturated carbocycles. The second-order valence-electron chi connectivity index (χ2n) is 4.51. The molecule has 2 aliphatic rings. The molecule has 15 heavy (non-hydrogen) atoms. The van der Waals surface area contributed by atoms with Gasteiger partial charge in [0.2, 0.25) is 0 Å². The first kappa shape index (κ1) is 8.96. The van der Waals surface area contributed by atoms with E-state index in [9.17, 15) is 4.79 Å². The van der Waals surface area contributed by atoms with Gasteiger partial charge in [-0.3, -0.25) is 4.79 Å². The van der Waals surface area contributed by atoms with Gasteiger partial charge in [-0.05, 0) is 36.5 Å². The highest BCUT2D eigenvalue weighted by Gasteiger charge is 2.37. The average Bonchev–Trinajstić information content (AvgIpc) is 3.04. The summed E-state index contributed by atoms with van der Waals surface area (Å²) >= 11 is 0. The number of aryl methyl sites for hydroxylation is 1. The van der Waals surface area contributed by atoms with E-state index in [2.05, 4.69) is 19.1 Å². The first-order chi connectivity index (χ1) is 7.29. The van der Waals surface area contributed by atoms with Crippen LogP contribution in [0.25, 0.3) is 0 Å². The fourth-order valence-corrected chi connectivity index (χ4v) is 2.30. The Morgan fingerprint density at radius 1 is 1.40 bits per heavy atom. The summed E-state index contributed by atoms with van der Waals surface area (Å²) in [4.78, 5) is 14.0. The minimum Gasteiger partial charge on any atom is -0.331 e. The van der Waals surface area contributed by atoms with Gasteiger partial charge in [-0.1, -0.05) is 19.1 Å². The fraction of sp³-hybridized carbons (Fsp3) is 0.462. The molecule has 1 amide bonds. The summed E-state index contributed by atoms with van der Waals surface area (Å²) in [5, 5.41) is 0. The predicted octanol–water partition coefficient (Wildman–Crippen LogP) is 2.37. The number of amides is 1. The van der Waals surface area contributed by atoms with Crippen LogP contribution in [-0.4, -0.2) is 16.8 Å². The van der Waals surface area contributed by atoms with E-state index in [0.717, 1.165) is 18.5 Å². The molecule has 0 spiro atoms. The summed E-state index contributed by atoms with van der Waals surface area (Å²) in [7, 11) is 0. The van der Waals surface area contributed by atoms with Gasteiger partial charge in [0.25, 0.3) is 5.91 Å². The molecule has 0 radical (unpaired) electrons. The molecule has 1 fully saturated rings. The van der Waals surface area contributed by atoms with Crippen LogP contribution in [-0.2, 0) is 13.0 Å². The SMILES string of the molecule is CCc1ccc2c(c1)CN(C1CC1)C2=O. The van der Waals surface area contributed by atoms with Gasteiger partial charge < -0.3 is 4.90 Å². The Bertz CT molecular complexity index is 421. The van der Waals surface area contributed by atoms with Crippen molar-refractivity contribution in [2.75, 3.05) is 0 Å². The highest BCUT2D eigenvalue weighted by atomic mass is 16.2. The minimum atomic E-state index is 0.246. The molecule has 0 aromatic heterocycles. The summed E-state index contributed by atoms with van der Waals surface area (Å²) in [6.07, 6.45) is 3.44. The maximum absolute atomic E-state index is 12.0. The standard InChI is InChI=1S/C13H15NO/c1-2-9-3-6-12-10(7-9)8-14(13(12)15)11-4-5-11/h3,6-7,11H,2,4-5,8H2,1H3. The van der Waals surface area contributed by atoms with E-state index in [1.165, 1.54) is 24.0 Å². The van der Waals surface area contributed by atoms with Crippen LogP contribution >= 0.6 is 0 Å². The molecule has 78 valence electrons. The maximum Gasteiger partial charge on any atom is 0.254 e. The lowest BCUT2D eigenvalue weighted by Gasteiger charge is -2.13. The van der Waals surface area contributed by atoms with Crippen LogP contribution in [0.5, 0.6) is 0 Å². The molecule has 0 saturated heterocycles. The number of carbonyl (C=O) groups is 1. The molecule has 0 N–H and O–H groups in total. The lowest BCUT2D eigenvalue weighted by atomic mass is 10.0. The van der Waals surface area contributed by atoms with Crippen LogP contribution in [0.3, 0.4) is 0 Å². The normalized spacial score (nSPS) is 19.5.